The molecule has 1 aliphatic heterocycles. The molecule has 0 saturated carbocycles. The lowest BCUT2D eigenvalue weighted by atomic mass is 9.95. The van der Waals surface area contributed by atoms with Gasteiger partial charge in [-0.15, -0.1) is 0 Å². The van der Waals surface area contributed by atoms with Crippen molar-refractivity contribution in [1.82, 2.24) is 4.90 Å². The van der Waals surface area contributed by atoms with E-state index >= 15 is 0 Å². The van der Waals surface area contributed by atoms with Crippen LogP contribution in [0.2, 0.25) is 5.02 Å². The molecule has 4 nitrogen and oxygen atoms in total. The van der Waals surface area contributed by atoms with E-state index in [-0.39, 0.29) is 17.5 Å². The normalized spacial score (nSPS) is 21.1. The number of rotatable bonds is 2. The highest BCUT2D eigenvalue weighted by atomic mass is 35.5. The average molecular weight is 274 g/mol. The molecule has 1 aliphatic rings. The molecular weight excluding hydrogens is 261 g/mol. The third-order valence-electron chi connectivity index (χ3n) is 3.23. The van der Waals surface area contributed by atoms with Gasteiger partial charge in [0.25, 0.3) is 0 Å². The molecule has 2 unspecified atom stereocenters. The fourth-order valence-electron chi connectivity index (χ4n) is 2.19. The van der Waals surface area contributed by atoms with E-state index in [1.807, 2.05) is 0 Å². The maximum absolute atomic E-state index is 13.3. The molecule has 1 aromatic rings. The zero-order valence-corrected chi connectivity index (χ0v) is 10.3. The van der Waals surface area contributed by atoms with Crippen molar-refractivity contribution >= 4 is 17.7 Å². The number of likely N-dealkylation sites (tertiary alicyclic amines) is 1. The van der Waals surface area contributed by atoms with Crippen molar-refractivity contribution in [1.29, 1.82) is 0 Å². The highest BCUT2D eigenvalue weighted by molar-refractivity contribution is 6.30. The Hall–Kier alpha value is -1.33. The standard InChI is InChI=1S/C12H13ClFNO3/c13-9-2-1-7(5-10(9)14)11(16)8-3-4-15(6-8)12(17)18/h1-2,5,8,11,16H,3-4,6H2,(H,17,18). The Bertz CT molecular complexity index is 469. The van der Waals surface area contributed by atoms with Gasteiger partial charge in [0.1, 0.15) is 5.82 Å². The number of nitrogens with zero attached hydrogens (tertiary/aromatic N) is 1. The van der Waals surface area contributed by atoms with E-state index in [0.717, 1.165) is 0 Å². The molecule has 0 spiro atoms. The minimum atomic E-state index is -0.994. The molecule has 0 bridgehead atoms. The zero-order valence-electron chi connectivity index (χ0n) is 9.51. The SMILES string of the molecule is O=C(O)N1CCC(C(O)c2ccc(Cl)c(F)c2)C1. The van der Waals surface area contributed by atoms with Crippen molar-refractivity contribution in [3.8, 4) is 0 Å². The van der Waals surface area contributed by atoms with Gasteiger partial charge in [0.2, 0.25) is 0 Å². The monoisotopic (exact) mass is 273 g/mol. The number of halogens is 2. The van der Waals surface area contributed by atoms with Crippen LogP contribution in [0, 0.1) is 11.7 Å². The predicted molar refractivity (Wildman–Crippen MR) is 64.1 cm³/mol. The summed E-state index contributed by atoms with van der Waals surface area (Å²) in [7, 11) is 0. The summed E-state index contributed by atoms with van der Waals surface area (Å²) < 4.78 is 13.3. The molecule has 98 valence electrons. The van der Waals surface area contributed by atoms with E-state index < -0.39 is 18.0 Å². The summed E-state index contributed by atoms with van der Waals surface area (Å²) in [6, 6.07) is 4.13. The van der Waals surface area contributed by atoms with E-state index in [4.69, 9.17) is 16.7 Å². The predicted octanol–water partition coefficient (Wildman–Crippen LogP) is 2.51. The Labute approximate surface area is 109 Å². The molecule has 2 rings (SSSR count). The molecule has 1 amide bonds. The Kier molecular flexibility index (Phi) is 3.73. The molecule has 1 heterocycles. The van der Waals surface area contributed by atoms with Crippen LogP contribution in [-0.4, -0.2) is 34.3 Å². The quantitative estimate of drug-likeness (QED) is 0.870. The molecule has 0 radical (unpaired) electrons. The molecule has 2 N–H and O–H groups in total. The van der Waals surface area contributed by atoms with Crippen LogP contribution in [0.3, 0.4) is 0 Å². The van der Waals surface area contributed by atoms with Gasteiger partial charge in [0.15, 0.2) is 0 Å². The number of aliphatic hydroxyl groups excluding tert-OH is 1. The van der Waals surface area contributed by atoms with Gasteiger partial charge in [-0.05, 0) is 24.1 Å². The van der Waals surface area contributed by atoms with Crippen LogP contribution in [-0.2, 0) is 0 Å². The molecule has 0 aliphatic carbocycles. The highest BCUT2D eigenvalue weighted by Crippen LogP contribution is 2.31. The topological polar surface area (TPSA) is 60.8 Å². The third-order valence-corrected chi connectivity index (χ3v) is 3.53. The lowest BCUT2D eigenvalue weighted by molar-refractivity contribution is 0.107. The van der Waals surface area contributed by atoms with Gasteiger partial charge >= 0.3 is 6.09 Å². The van der Waals surface area contributed by atoms with Crippen LogP contribution in [0.25, 0.3) is 0 Å². The minimum Gasteiger partial charge on any atom is -0.465 e. The smallest absolute Gasteiger partial charge is 0.407 e. The van der Waals surface area contributed by atoms with Gasteiger partial charge in [-0.25, -0.2) is 9.18 Å². The van der Waals surface area contributed by atoms with Gasteiger partial charge in [0.05, 0.1) is 11.1 Å². The number of carbonyl (C=O) groups is 1. The summed E-state index contributed by atoms with van der Waals surface area (Å²) in [5.41, 5.74) is 0.425. The second-order valence-electron chi connectivity index (χ2n) is 4.40. The largest absolute Gasteiger partial charge is 0.465 e. The van der Waals surface area contributed by atoms with Crippen molar-refractivity contribution < 1.29 is 19.4 Å². The van der Waals surface area contributed by atoms with Gasteiger partial charge in [-0.1, -0.05) is 17.7 Å². The van der Waals surface area contributed by atoms with Crippen LogP contribution < -0.4 is 0 Å². The number of carboxylic acid groups (broad SMARTS) is 1. The zero-order chi connectivity index (χ0) is 13.3. The lowest BCUT2D eigenvalue weighted by Crippen LogP contribution is -2.27. The van der Waals surface area contributed by atoms with Gasteiger partial charge < -0.3 is 15.1 Å². The van der Waals surface area contributed by atoms with Crippen molar-refractivity contribution in [3.05, 3.63) is 34.6 Å². The van der Waals surface area contributed by atoms with E-state index in [1.54, 1.807) is 6.07 Å². The van der Waals surface area contributed by atoms with E-state index in [9.17, 15) is 14.3 Å². The van der Waals surface area contributed by atoms with Crippen molar-refractivity contribution in [2.24, 2.45) is 5.92 Å². The Morgan fingerprint density at radius 1 is 1.56 bits per heavy atom. The number of hydrogen-bond acceptors (Lipinski definition) is 2. The van der Waals surface area contributed by atoms with Crippen LogP contribution in [0.4, 0.5) is 9.18 Å². The summed E-state index contributed by atoms with van der Waals surface area (Å²) in [4.78, 5) is 12.0. The Balaban J connectivity index is 2.10. The molecule has 0 aromatic heterocycles. The van der Waals surface area contributed by atoms with E-state index in [0.29, 0.717) is 18.5 Å². The Morgan fingerprint density at radius 2 is 2.28 bits per heavy atom. The molecule has 18 heavy (non-hydrogen) atoms. The fourth-order valence-corrected chi connectivity index (χ4v) is 2.30. The third kappa shape index (κ3) is 2.57. The first-order chi connectivity index (χ1) is 8.49. The van der Waals surface area contributed by atoms with Gasteiger partial charge in [-0.3, -0.25) is 0 Å². The number of hydrogen-bond donors (Lipinski definition) is 2. The fraction of sp³-hybridized carbons (Fsp3) is 0.417. The first-order valence-corrected chi connectivity index (χ1v) is 5.97. The summed E-state index contributed by atoms with van der Waals surface area (Å²) in [5.74, 6) is -0.789. The van der Waals surface area contributed by atoms with Crippen molar-refractivity contribution in [2.45, 2.75) is 12.5 Å². The first kappa shape index (κ1) is 13.1. The van der Waals surface area contributed by atoms with Crippen molar-refractivity contribution in [2.75, 3.05) is 13.1 Å². The maximum Gasteiger partial charge on any atom is 0.407 e. The maximum atomic E-state index is 13.3. The van der Waals surface area contributed by atoms with Crippen molar-refractivity contribution in [3.63, 3.8) is 0 Å². The number of benzene rings is 1. The van der Waals surface area contributed by atoms with Gasteiger partial charge in [-0.2, -0.15) is 0 Å². The summed E-state index contributed by atoms with van der Waals surface area (Å²) >= 11 is 5.57. The summed E-state index contributed by atoms with van der Waals surface area (Å²) in [6.45, 7) is 0.661. The molecule has 1 fully saturated rings. The number of amides is 1. The average Bonchev–Trinajstić information content (AvgIpc) is 2.81. The Morgan fingerprint density at radius 3 is 2.83 bits per heavy atom. The summed E-state index contributed by atoms with van der Waals surface area (Å²) in [5, 5.41) is 18.9. The second kappa shape index (κ2) is 5.12. The second-order valence-corrected chi connectivity index (χ2v) is 4.80. The van der Waals surface area contributed by atoms with E-state index in [1.165, 1.54) is 17.0 Å². The minimum absolute atomic E-state index is 0.00420. The van der Waals surface area contributed by atoms with Crippen LogP contribution in [0.5, 0.6) is 0 Å². The van der Waals surface area contributed by atoms with Gasteiger partial charge in [0, 0.05) is 19.0 Å². The molecule has 1 aromatic carbocycles. The highest BCUT2D eigenvalue weighted by Gasteiger charge is 2.31. The first-order valence-electron chi connectivity index (χ1n) is 5.60. The molecule has 2 atom stereocenters. The molecule has 6 heteroatoms. The van der Waals surface area contributed by atoms with Crippen LogP contribution in [0.1, 0.15) is 18.1 Å². The van der Waals surface area contributed by atoms with E-state index in [2.05, 4.69) is 0 Å². The van der Waals surface area contributed by atoms with Crippen LogP contribution in [0.15, 0.2) is 18.2 Å². The molecular formula is C12H13ClFNO3. The molecule has 1 saturated heterocycles. The summed E-state index contributed by atoms with van der Waals surface area (Å²) in [6.07, 6.45) is -1.30. The number of aliphatic hydroxyl groups is 1. The van der Waals surface area contributed by atoms with Crippen LogP contribution >= 0.6 is 11.6 Å². The lowest BCUT2D eigenvalue weighted by Gasteiger charge is -2.18.